The smallest absolute Gasteiger partial charge is 0.255 e. The first-order chi connectivity index (χ1) is 11.6. The van der Waals surface area contributed by atoms with Gasteiger partial charge in [0.05, 0.1) is 6.61 Å². The molecule has 0 unspecified atom stereocenters. The lowest BCUT2D eigenvalue weighted by molar-refractivity contribution is 0.0996. The van der Waals surface area contributed by atoms with Gasteiger partial charge in [-0.3, -0.25) is 9.59 Å². The van der Waals surface area contributed by atoms with Crippen molar-refractivity contribution in [3.63, 3.8) is 0 Å². The molecule has 0 heterocycles. The lowest BCUT2D eigenvalue weighted by atomic mass is 10.1. The normalized spacial score (nSPS) is 10.2. The first kappa shape index (κ1) is 17.5. The summed E-state index contributed by atoms with van der Waals surface area (Å²) >= 11 is 0. The van der Waals surface area contributed by atoms with Crippen molar-refractivity contribution in [1.29, 1.82) is 0 Å². The number of anilines is 1. The number of ether oxygens (including phenoxy) is 2. The fraction of sp³-hybridized carbons (Fsp3) is 0.222. The van der Waals surface area contributed by atoms with Crippen molar-refractivity contribution in [3.05, 3.63) is 59.7 Å². The van der Waals surface area contributed by atoms with E-state index in [1.165, 1.54) is 6.07 Å². The van der Waals surface area contributed by atoms with Crippen LogP contribution in [0.2, 0.25) is 0 Å². The molecule has 2 amide bonds. The monoisotopic (exact) mass is 328 g/mol. The number of rotatable bonds is 8. The summed E-state index contributed by atoms with van der Waals surface area (Å²) in [7, 11) is 0. The van der Waals surface area contributed by atoms with Crippen molar-refractivity contribution < 1.29 is 19.1 Å². The standard InChI is InChI=1S/C18H20N2O4/c1-2-23-10-11-24-16-8-6-13(7-9-16)18(22)20-15-5-3-4-14(12-15)17(19)21/h3-9,12H,2,10-11H2,1H3,(H2,19,21)(H,20,22). The molecule has 0 radical (unpaired) electrons. The summed E-state index contributed by atoms with van der Waals surface area (Å²) in [5.74, 6) is -0.154. The van der Waals surface area contributed by atoms with Crippen molar-refractivity contribution in [2.75, 3.05) is 25.1 Å². The predicted molar refractivity (Wildman–Crippen MR) is 91.3 cm³/mol. The number of nitrogens with one attached hydrogen (secondary N) is 1. The Morgan fingerprint density at radius 3 is 2.46 bits per heavy atom. The number of carbonyl (C=O) groups is 2. The van der Waals surface area contributed by atoms with Crippen LogP contribution in [0, 0.1) is 0 Å². The molecule has 0 atom stereocenters. The molecule has 126 valence electrons. The molecular formula is C18H20N2O4. The van der Waals surface area contributed by atoms with E-state index in [9.17, 15) is 9.59 Å². The minimum absolute atomic E-state index is 0.280. The average molecular weight is 328 g/mol. The largest absolute Gasteiger partial charge is 0.491 e. The summed E-state index contributed by atoms with van der Waals surface area (Å²) in [6.45, 7) is 3.56. The van der Waals surface area contributed by atoms with E-state index in [0.29, 0.717) is 42.4 Å². The topological polar surface area (TPSA) is 90.7 Å². The molecule has 24 heavy (non-hydrogen) atoms. The molecule has 0 aliphatic rings. The van der Waals surface area contributed by atoms with Crippen molar-refractivity contribution in [2.24, 2.45) is 5.73 Å². The lowest BCUT2D eigenvalue weighted by Crippen LogP contribution is -2.14. The fourth-order valence-corrected chi connectivity index (χ4v) is 2.02. The molecular weight excluding hydrogens is 308 g/mol. The Morgan fingerprint density at radius 1 is 1.04 bits per heavy atom. The van der Waals surface area contributed by atoms with Crippen molar-refractivity contribution in [1.82, 2.24) is 0 Å². The van der Waals surface area contributed by atoms with Crippen LogP contribution in [0.3, 0.4) is 0 Å². The van der Waals surface area contributed by atoms with Gasteiger partial charge < -0.3 is 20.5 Å². The Bertz CT molecular complexity index is 698. The third-order valence-corrected chi connectivity index (χ3v) is 3.22. The molecule has 0 fully saturated rings. The van der Waals surface area contributed by atoms with Gasteiger partial charge in [-0.15, -0.1) is 0 Å². The van der Waals surface area contributed by atoms with Crippen LogP contribution in [0.1, 0.15) is 27.6 Å². The summed E-state index contributed by atoms with van der Waals surface area (Å²) in [6.07, 6.45) is 0. The highest BCUT2D eigenvalue weighted by molar-refractivity contribution is 6.05. The van der Waals surface area contributed by atoms with Gasteiger partial charge in [0, 0.05) is 23.4 Å². The van der Waals surface area contributed by atoms with Gasteiger partial charge in [0.15, 0.2) is 0 Å². The van der Waals surface area contributed by atoms with Gasteiger partial charge in [0.25, 0.3) is 5.91 Å². The van der Waals surface area contributed by atoms with Gasteiger partial charge in [-0.25, -0.2) is 0 Å². The minimum atomic E-state index is -0.542. The molecule has 6 heteroatoms. The Morgan fingerprint density at radius 2 is 1.79 bits per heavy atom. The van der Waals surface area contributed by atoms with Crippen molar-refractivity contribution in [2.45, 2.75) is 6.92 Å². The van der Waals surface area contributed by atoms with E-state index in [-0.39, 0.29) is 5.91 Å². The molecule has 6 nitrogen and oxygen atoms in total. The Hall–Kier alpha value is -2.86. The molecule has 2 aromatic carbocycles. The van der Waals surface area contributed by atoms with Gasteiger partial charge in [0.1, 0.15) is 12.4 Å². The number of hydrogen-bond donors (Lipinski definition) is 2. The van der Waals surface area contributed by atoms with Crippen LogP contribution in [0.25, 0.3) is 0 Å². The first-order valence-corrected chi connectivity index (χ1v) is 7.62. The van der Waals surface area contributed by atoms with E-state index >= 15 is 0 Å². The molecule has 2 aromatic rings. The third-order valence-electron chi connectivity index (χ3n) is 3.22. The second kappa shape index (κ2) is 8.69. The van der Waals surface area contributed by atoms with Crippen LogP contribution < -0.4 is 15.8 Å². The second-order valence-corrected chi connectivity index (χ2v) is 4.97. The molecule has 0 saturated heterocycles. The molecule has 0 aliphatic carbocycles. The Balaban J connectivity index is 1.95. The number of amides is 2. The van der Waals surface area contributed by atoms with Gasteiger partial charge >= 0.3 is 0 Å². The quantitative estimate of drug-likeness (QED) is 0.728. The zero-order valence-electron chi connectivity index (χ0n) is 13.5. The molecule has 2 rings (SSSR count). The Kier molecular flexibility index (Phi) is 6.33. The van der Waals surface area contributed by atoms with E-state index in [0.717, 1.165) is 0 Å². The minimum Gasteiger partial charge on any atom is -0.491 e. The zero-order chi connectivity index (χ0) is 17.4. The number of hydrogen-bond acceptors (Lipinski definition) is 4. The summed E-state index contributed by atoms with van der Waals surface area (Å²) in [5.41, 5.74) is 6.56. The van der Waals surface area contributed by atoms with Crippen LogP contribution in [-0.4, -0.2) is 31.6 Å². The third kappa shape index (κ3) is 5.10. The van der Waals surface area contributed by atoms with E-state index in [2.05, 4.69) is 5.32 Å². The van der Waals surface area contributed by atoms with Gasteiger partial charge in [0.2, 0.25) is 5.91 Å². The lowest BCUT2D eigenvalue weighted by Gasteiger charge is -2.08. The van der Waals surface area contributed by atoms with E-state index < -0.39 is 5.91 Å². The van der Waals surface area contributed by atoms with Crippen LogP contribution in [0.4, 0.5) is 5.69 Å². The van der Waals surface area contributed by atoms with Crippen LogP contribution in [-0.2, 0) is 4.74 Å². The van der Waals surface area contributed by atoms with Crippen LogP contribution in [0.15, 0.2) is 48.5 Å². The number of nitrogens with two attached hydrogens (primary N) is 1. The van der Waals surface area contributed by atoms with Crippen molar-refractivity contribution >= 4 is 17.5 Å². The number of primary amides is 1. The highest BCUT2D eigenvalue weighted by Gasteiger charge is 2.08. The highest BCUT2D eigenvalue weighted by atomic mass is 16.5. The number of carbonyl (C=O) groups excluding carboxylic acids is 2. The Labute approximate surface area is 140 Å². The maximum absolute atomic E-state index is 12.2. The summed E-state index contributed by atoms with van der Waals surface area (Å²) < 4.78 is 10.7. The summed E-state index contributed by atoms with van der Waals surface area (Å²) in [4.78, 5) is 23.4. The molecule has 0 bridgehead atoms. The van der Waals surface area contributed by atoms with Gasteiger partial charge in [-0.05, 0) is 49.4 Å². The van der Waals surface area contributed by atoms with E-state index in [4.69, 9.17) is 15.2 Å². The predicted octanol–water partition coefficient (Wildman–Crippen LogP) is 2.45. The second-order valence-electron chi connectivity index (χ2n) is 4.97. The van der Waals surface area contributed by atoms with Gasteiger partial charge in [-0.2, -0.15) is 0 Å². The molecule has 0 aliphatic heterocycles. The highest BCUT2D eigenvalue weighted by Crippen LogP contribution is 2.15. The maximum atomic E-state index is 12.2. The van der Waals surface area contributed by atoms with E-state index in [1.807, 2.05) is 6.92 Å². The maximum Gasteiger partial charge on any atom is 0.255 e. The average Bonchev–Trinajstić information content (AvgIpc) is 2.59. The molecule has 0 saturated carbocycles. The van der Waals surface area contributed by atoms with Gasteiger partial charge in [-0.1, -0.05) is 6.07 Å². The van der Waals surface area contributed by atoms with E-state index in [1.54, 1.807) is 42.5 Å². The van der Waals surface area contributed by atoms with Crippen molar-refractivity contribution in [3.8, 4) is 5.75 Å². The molecule has 3 N–H and O–H groups in total. The van der Waals surface area contributed by atoms with Crippen LogP contribution >= 0.6 is 0 Å². The number of benzene rings is 2. The zero-order valence-corrected chi connectivity index (χ0v) is 13.5. The SMILES string of the molecule is CCOCCOc1ccc(C(=O)Nc2cccc(C(N)=O)c2)cc1. The summed E-state index contributed by atoms with van der Waals surface area (Å²) in [6, 6.07) is 13.3. The molecule has 0 aromatic heterocycles. The van der Waals surface area contributed by atoms with Crippen LogP contribution in [0.5, 0.6) is 5.75 Å². The summed E-state index contributed by atoms with van der Waals surface area (Å²) in [5, 5.41) is 2.73. The molecule has 0 spiro atoms. The fourth-order valence-electron chi connectivity index (χ4n) is 2.02. The first-order valence-electron chi connectivity index (χ1n) is 7.62.